The second-order valence-electron chi connectivity index (χ2n) is 8.39. The summed E-state index contributed by atoms with van der Waals surface area (Å²) >= 11 is 5.61. The summed E-state index contributed by atoms with van der Waals surface area (Å²) in [5, 5.41) is 14.5. The van der Waals surface area contributed by atoms with E-state index in [1.165, 1.54) is 11.1 Å². The van der Waals surface area contributed by atoms with E-state index in [-0.39, 0.29) is 35.6 Å². The molecule has 5 rings (SSSR count). The van der Waals surface area contributed by atoms with Gasteiger partial charge in [0.2, 0.25) is 0 Å². The number of benzene rings is 1. The van der Waals surface area contributed by atoms with E-state index in [0.29, 0.717) is 41.1 Å². The molecule has 2 bridgehead atoms. The molecule has 0 saturated carbocycles. The number of nitriles is 1. The predicted octanol–water partition coefficient (Wildman–Crippen LogP) is 2.56. The number of hydrogen-bond donors (Lipinski definition) is 1. The average molecular weight is 459 g/mol. The summed E-state index contributed by atoms with van der Waals surface area (Å²) in [5.74, 6) is -0.201. The summed E-state index contributed by atoms with van der Waals surface area (Å²) < 4.78 is 0. The number of aromatic nitrogens is 1. The highest BCUT2D eigenvalue weighted by molar-refractivity contribution is 7.80. The highest BCUT2D eigenvalue weighted by atomic mass is 32.1. The van der Waals surface area contributed by atoms with Gasteiger partial charge < -0.3 is 15.1 Å². The Morgan fingerprint density at radius 1 is 1.30 bits per heavy atom. The lowest BCUT2D eigenvalue weighted by Gasteiger charge is -2.36. The molecule has 4 heterocycles. The van der Waals surface area contributed by atoms with Crippen LogP contribution in [0.3, 0.4) is 0 Å². The van der Waals surface area contributed by atoms with Crippen molar-refractivity contribution in [3.8, 4) is 6.07 Å². The number of urea groups is 1. The average Bonchev–Trinajstić information content (AvgIpc) is 3.50. The molecule has 1 aromatic heterocycles. The van der Waals surface area contributed by atoms with Gasteiger partial charge in [0, 0.05) is 29.8 Å². The van der Waals surface area contributed by atoms with Gasteiger partial charge in [-0.15, -0.1) is 13.2 Å². The zero-order chi connectivity index (χ0) is 23.3. The maximum atomic E-state index is 13.6. The maximum Gasteiger partial charge on any atom is 0.332 e. The van der Waals surface area contributed by atoms with E-state index in [2.05, 4.69) is 29.5 Å². The molecule has 3 amide bonds. The minimum atomic E-state index is -0.597. The first-order valence-corrected chi connectivity index (χ1v) is 11.1. The monoisotopic (exact) mass is 458 g/mol. The Morgan fingerprint density at radius 3 is 2.73 bits per heavy atom. The van der Waals surface area contributed by atoms with Gasteiger partial charge in [-0.2, -0.15) is 5.26 Å². The lowest BCUT2D eigenvalue weighted by molar-refractivity contribution is -0.120. The Hall–Kier alpha value is -3.77. The summed E-state index contributed by atoms with van der Waals surface area (Å²) in [5.41, 5.74) is 0.662. The molecule has 33 heavy (non-hydrogen) atoms. The van der Waals surface area contributed by atoms with Gasteiger partial charge in [-0.1, -0.05) is 36.4 Å². The van der Waals surface area contributed by atoms with Crippen molar-refractivity contribution >= 4 is 45.7 Å². The molecule has 3 atom stereocenters. The van der Waals surface area contributed by atoms with Crippen molar-refractivity contribution in [2.75, 3.05) is 18.0 Å². The van der Waals surface area contributed by atoms with Crippen molar-refractivity contribution in [1.82, 2.24) is 20.1 Å². The molecule has 8 nitrogen and oxygen atoms in total. The quantitative estimate of drug-likeness (QED) is 0.418. The highest BCUT2D eigenvalue weighted by Crippen LogP contribution is 2.43. The molecule has 1 aromatic carbocycles. The van der Waals surface area contributed by atoms with Crippen LogP contribution in [0.5, 0.6) is 0 Å². The van der Waals surface area contributed by atoms with E-state index in [1.54, 1.807) is 35.3 Å². The van der Waals surface area contributed by atoms with Crippen LogP contribution in [0, 0.1) is 17.2 Å². The Morgan fingerprint density at radius 2 is 2.03 bits per heavy atom. The van der Waals surface area contributed by atoms with E-state index >= 15 is 0 Å². The molecule has 2 unspecified atom stereocenters. The molecule has 3 aliphatic rings. The topological polar surface area (TPSA) is 92.6 Å². The van der Waals surface area contributed by atoms with E-state index in [9.17, 15) is 14.9 Å². The minimum Gasteiger partial charge on any atom is -0.362 e. The van der Waals surface area contributed by atoms with E-state index in [0.717, 1.165) is 0 Å². The van der Waals surface area contributed by atoms with E-state index < -0.39 is 6.04 Å². The van der Waals surface area contributed by atoms with E-state index in [1.807, 2.05) is 11.0 Å². The van der Waals surface area contributed by atoms with Crippen molar-refractivity contribution in [2.45, 2.75) is 24.5 Å². The maximum absolute atomic E-state index is 13.6. The number of hydrogen-bond acceptors (Lipinski definition) is 5. The van der Waals surface area contributed by atoms with Crippen LogP contribution < -0.4 is 10.2 Å². The highest BCUT2D eigenvalue weighted by Gasteiger charge is 2.62. The Bertz CT molecular complexity index is 1250. The number of imide groups is 1. The van der Waals surface area contributed by atoms with Crippen LogP contribution in [0.25, 0.3) is 10.8 Å². The normalized spacial score (nSPS) is 23.3. The number of fused-ring (bicyclic) bond motifs is 6. The molecular formula is C24H22N6O2S. The van der Waals surface area contributed by atoms with Crippen LogP contribution >= 0.6 is 12.2 Å². The first-order chi connectivity index (χ1) is 16.0. The number of piperazine rings is 1. The van der Waals surface area contributed by atoms with Gasteiger partial charge in [0.25, 0.3) is 5.91 Å². The van der Waals surface area contributed by atoms with Crippen molar-refractivity contribution < 1.29 is 9.59 Å². The largest absolute Gasteiger partial charge is 0.362 e. The van der Waals surface area contributed by atoms with Crippen LogP contribution in [-0.2, 0) is 4.79 Å². The third-order valence-electron chi connectivity index (χ3n) is 6.74. The molecule has 3 aliphatic heterocycles. The van der Waals surface area contributed by atoms with Crippen LogP contribution in [0.15, 0.2) is 55.8 Å². The fourth-order valence-corrected chi connectivity index (χ4v) is 5.42. The molecule has 0 aliphatic carbocycles. The fraction of sp³-hybridized carbons (Fsp3) is 0.292. The molecule has 166 valence electrons. The summed E-state index contributed by atoms with van der Waals surface area (Å²) in [6.45, 7) is 8.74. The van der Waals surface area contributed by atoms with Crippen LogP contribution in [-0.4, -0.2) is 63.0 Å². The van der Waals surface area contributed by atoms with Gasteiger partial charge in [0.05, 0.1) is 24.0 Å². The second kappa shape index (κ2) is 7.98. The number of carbonyl (C=O) groups excluding carboxylic acids is 2. The summed E-state index contributed by atoms with van der Waals surface area (Å²) in [7, 11) is 0. The number of nitrogens with zero attached hydrogens (tertiary/aromatic N) is 5. The first kappa shape index (κ1) is 21.1. The Kier molecular flexibility index (Phi) is 5.10. The molecule has 1 N–H and O–H groups in total. The lowest BCUT2D eigenvalue weighted by Crippen LogP contribution is -2.57. The third kappa shape index (κ3) is 3.09. The third-order valence-corrected chi connectivity index (χ3v) is 7.12. The van der Waals surface area contributed by atoms with Crippen molar-refractivity contribution in [3.63, 3.8) is 0 Å². The van der Waals surface area contributed by atoms with Crippen molar-refractivity contribution in [2.24, 2.45) is 5.92 Å². The summed E-state index contributed by atoms with van der Waals surface area (Å²) in [6.07, 6.45) is 5.74. The fourth-order valence-electron chi connectivity index (χ4n) is 5.13. The number of rotatable bonds is 5. The number of nitrogens with one attached hydrogen (secondary N) is 1. The predicted molar refractivity (Wildman–Crippen MR) is 128 cm³/mol. The van der Waals surface area contributed by atoms with Gasteiger partial charge in [-0.05, 0) is 18.6 Å². The SMILES string of the molecule is C=CC(C=C)CNC(=S)N1CC2CC1[C@H]1C(=O)N(c3cnc(C#N)c4ccccc34)C(=O)N21. The zero-order valence-electron chi connectivity index (χ0n) is 17.8. The lowest BCUT2D eigenvalue weighted by atomic mass is 10.1. The van der Waals surface area contributed by atoms with E-state index in [4.69, 9.17) is 12.2 Å². The van der Waals surface area contributed by atoms with Gasteiger partial charge in [0.1, 0.15) is 17.8 Å². The molecule has 0 spiro atoms. The first-order valence-electron chi connectivity index (χ1n) is 10.7. The molecule has 9 heteroatoms. The van der Waals surface area contributed by atoms with Gasteiger partial charge in [-0.3, -0.25) is 4.79 Å². The van der Waals surface area contributed by atoms with Crippen molar-refractivity contribution in [3.05, 3.63) is 61.5 Å². The van der Waals surface area contributed by atoms with Crippen molar-refractivity contribution in [1.29, 1.82) is 5.26 Å². The Balaban J connectivity index is 1.43. The molecule has 3 saturated heterocycles. The van der Waals surface area contributed by atoms with Crippen LogP contribution in [0.2, 0.25) is 0 Å². The summed E-state index contributed by atoms with van der Waals surface area (Å²) in [4.78, 5) is 36.1. The summed E-state index contributed by atoms with van der Waals surface area (Å²) in [6, 6.07) is 8.05. The molecule has 2 aromatic rings. The zero-order valence-corrected chi connectivity index (χ0v) is 18.7. The standard InChI is InChI=1S/C24H22N6O2S/c1-3-14(4-2)11-27-23(33)28-13-15-9-19(28)21-22(31)30(24(32)29(15)21)20-12-26-18(10-25)16-7-5-6-8-17(16)20/h3-8,12,14-15,19,21H,1-2,9,11,13H2,(H,27,33)/t15?,19?,21-/m0/s1. The number of thiocarbonyl (C=S) groups is 1. The Labute approximate surface area is 196 Å². The van der Waals surface area contributed by atoms with Crippen LogP contribution in [0.4, 0.5) is 10.5 Å². The number of carbonyl (C=O) groups is 2. The minimum absolute atomic E-state index is 0.0848. The number of amides is 3. The number of pyridine rings is 1. The van der Waals surface area contributed by atoms with Gasteiger partial charge in [0.15, 0.2) is 5.11 Å². The smallest absolute Gasteiger partial charge is 0.332 e. The second-order valence-corrected chi connectivity index (χ2v) is 8.78. The number of anilines is 1. The molecule has 3 fully saturated rings. The number of likely N-dealkylation sites (tertiary alicyclic amines) is 1. The van der Waals surface area contributed by atoms with Gasteiger partial charge in [-0.25, -0.2) is 14.7 Å². The van der Waals surface area contributed by atoms with Gasteiger partial charge >= 0.3 is 6.03 Å². The molecule has 0 radical (unpaired) electrons. The molecular weight excluding hydrogens is 436 g/mol. The van der Waals surface area contributed by atoms with Crippen LogP contribution in [0.1, 0.15) is 12.1 Å².